The van der Waals surface area contributed by atoms with E-state index in [2.05, 4.69) is 0 Å². The molecule has 5 heteroatoms. The first-order valence-corrected chi connectivity index (χ1v) is 3.42. The van der Waals surface area contributed by atoms with Crippen molar-refractivity contribution in [1.82, 2.24) is 0 Å². The molecule has 0 aromatic heterocycles. The number of hydrogen-bond donors (Lipinski definition) is 4. The average molecular weight is 163 g/mol. The maximum absolute atomic E-state index is 9.18. The van der Waals surface area contributed by atoms with Gasteiger partial charge < -0.3 is 25.8 Å². The Morgan fingerprint density at radius 3 is 1.82 bits per heavy atom. The van der Waals surface area contributed by atoms with Crippen molar-refractivity contribution in [3.8, 4) is 0 Å². The van der Waals surface area contributed by atoms with Crippen molar-refractivity contribution in [2.45, 2.75) is 30.5 Å². The number of aliphatic hydroxyl groups is 3. The Balaban J connectivity index is 2.69. The van der Waals surface area contributed by atoms with Gasteiger partial charge in [0, 0.05) is 7.11 Å². The highest BCUT2D eigenvalue weighted by molar-refractivity contribution is 5.01. The van der Waals surface area contributed by atoms with Crippen LogP contribution in [0.4, 0.5) is 0 Å². The number of methoxy groups -OCH3 is 1. The maximum Gasteiger partial charge on any atom is 0.110 e. The monoisotopic (exact) mass is 163 g/mol. The van der Waals surface area contributed by atoms with Crippen molar-refractivity contribution < 1.29 is 20.1 Å². The Morgan fingerprint density at radius 1 is 1.09 bits per heavy atom. The SMILES string of the molecule is COC1C(N)C(O)C(O)C1O. The van der Waals surface area contributed by atoms with Crippen LogP contribution in [0, 0.1) is 0 Å². The molecular formula is C6H13NO4. The summed E-state index contributed by atoms with van der Waals surface area (Å²) < 4.78 is 4.78. The number of nitrogens with two attached hydrogens (primary N) is 1. The minimum atomic E-state index is -1.20. The van der Waals surface area contributed by atoms with E-state index in [1.807, 2.05) is 0 Å². The van der Waals surface area contributed by atoms with Crippen LogP contribution < -0.4 is 5.73 Å². The van der Waals surface area contributed by atoms with Crippen LogP contribution in [0.25, 0.3) is 0 Å². The zero-order chi connectivity index (χ0) is 8.59. The van der Waals surface area contributed by atoms with Crippen LogP contribution in [0.3, 0.4) is 0 Å². The van der Waals surface area contributed by atoms with Gasteiger partial charge in [-0.3, -0.25) is 0 Å². The lowest BCUT2D eigenvalue weighted by molar-refractivity contribution is -0.0515. The lowest BCUT2D eigenvalue weighted by Crippen LogP contribution is -2.41. The Labute approximate surface area is 64.4 Å². The molecule has 5 atom stereocenters. The first-order chi connectivity index (χ1) is 5.09. The standard InChI is InChI=1S/C6H13NO4/c1-11-6-2(7)3(8)4(9)5(6)10/h2-6,8-10H,7H2,1H3. The molecule has 5 N–H and O–H groups in total. The van der Waals surface area contributed by atoms with Crippen LogP contribution in [-0.2, 0) is 4.74 Å². The molecule has 0 bridgehead atoms. The highest BCUT2D eigenvalue weighted by Crippen LogP contribution is 2.21. The second-order valence-electron chi connectivity index (χ2n) is 2.75. The van der Waals surface area contributed by atoms with Gasteiger partial charge >= 0.3 is 0 Å². The van der Waals surface area contributed by atoms with Gasteiger partial charge in [0.15, 0.2) is 0 Å². The molecule has 5 unspecified atom stereocenters. The number of rotatable bonds is 1. The van der Waals surface area contributed by atoms with E-state index in [-0.39, 0.29) is 0 Å². The summed E-state index contributed by atoms with van der Waals surface area (Å²) >= 11 is 0. The summed E-state index contributed by atoms with van der Waals surface area (Å²) in [5.74, 6) is 0. The zero-order valence-electron chi connectivity index (χ0n) is 6.21. The fourth-order valence-corrected chi connectivity index (χ4v) is 1.34. The molecule has 0 radical (unpaired) electrons. The second-order valence-corrected chi connectivity index (χ2v) is 2.75. The Morgan fingerprint density at radius 2 is 1.64 bits per heavy atom. The van der Waals surface area contributed by atoms with E-state index in [4.69, 9.17) is 20.7 Å². The smallest absolute Gasteiger partial charge is 0.110 e. The molecule has 66 valence electrons. The Hall–Kier alpha value is -0.200. The molecule has 0 aromatic carbocycles. The fraction of sp³-hybridized carbons (Fsp3) is 1.00. The summed E-state index contributed by atoms with van der Waals surface area (Å²) in [5, 5.41) is 27.4. The van der Waals surface area contributed by atoms with Gasteiger partial charge in [-0.2, -0.15) is 0 Å². The van der Waals surface area contributed by atoms with E-state index in [9.17, 15) is 5.11 Å². The lowest BCUT2D eigenvalue weighted by atomic mass is 10.2. The highest BCUT2D eigenvalue weighted by Gasteiger charge is 2.47. The molecule has 1 fully saturated rings. The van der Waals surface area contributed by atoms with Gasteiger partial charge in [0.25, 0.3) is 0 Å². The first-order valence-electron chi connectivity index (χ1n) is 3.42. The number of ether oxygens (including phenoxy) is 1. The summed E-state index contributed by atoms with van der Waals surface area (Å²) in [6.07, 6.45) is -4.07. The van der Waals surface area contributed by atoms with Crippen molar-refractivity contribution in [2.24, 2.45) is 5.73 Å². The molecule has 0 spiro atoms. The summed E-state index contributed by atoms with van der Waals surface area (Å²) in [6.45, 7) is 0. The summed E-state index contributed by atoms with van der Waals surface area (Å²) in [7, 11) is 1.37. The number of aliphatic hydroxyl groups excluding tert-OH is 3. The highest BCUT2D eigenvalue weighted by atomic mass is 16.5. The molecule has 0 heterocycles. The van der Waals surface area contributed by atoms with Gasteiger partial charge in [-0.15, -0.1) is 0 Å². The van der Waals surface area contributed by atoms with Gasteiger partial charge in [-0.25, -0.2) is 0 Å². The predicted molar refractivity (Wildman–Crippen MR) is 36.8 cm³/mol. The third kappa shape index (κ3) is 1.25. The Bertz CT molecular complexity index is 129. The molecule has 1 rings (SSSR count). The van der Waals surface area contributed by atoms with E-state index in [1.54, 1.807) is 0 Å². The van der Waals surface area contributed by atoms with Gasteiger partial charge in [0.05, 0.1) is 6.04 Å². The normalized spacial score (nSPS) is 51.5. The van der Waals surface area contributed by atoms with Crippen molar-refractivity contribution in [3.05, 3.63) is 0 Å². The predicted octanol–water partition coefficient (Wildman–Crippen LogP) is -2.57. The summed E-state index contributed by atoms with van der Waals surface area (Å²) in [4.78, 5) is 0. The van der Waals surface area contributed by atoms with Crippen LogP contribution in [0.2, 0.25) is 0 Å². The molecular weight excluding hydrogens is 150 g/mol. The van der Waals surface area contributed by atoms with Crippen LogP contribution in [-0.4, -0.2) is 52.9 Å². The van der Waals surface area contributed by atoms with Gasteiger partial charge in [0.2, 0.25) is 0 Å². The van der Waals surface area contributed by atoms with E-state index in [1.165, 1.54) is 7.11 Å². The second kappa shape index (κ2) is 3.04. The summed E-state index contributed by atoms with van der Waals surface area (Å²) in [5.41, 5.74) is 5.42. The molecule has 0 saturated heterocycles. The van der Waals surface area contributed by atoms with E-state index < -0.39 is 30.5 Å². The molecule has 11 heavy (non-hydrogen) atoms. The van der Waals surface area contributed by atoms with Gasteiger partial charge in [0.1, 0.15) is 24.4 Å². The fourth-order valence-electron chi connectivity index (χ4n) is 1.34. The van der Waals surface area contributed by atoms with Crippen LogP contribution in [0.15, 0.2) is 0 Å². The third-order valence-electron chi connectivity index (χ3n) is 2.08. The molecule has 1 aliphatic rings. The van der Waals surface area contributed by atoms with Crippen molar-refractivity contribution in [2.75, 3.05) is 7.11 Å². The molecule has 0 aromatic rings. The van der Waals surface area contributed by atoms with Gasteiger partial charge in [-0.05, 0) is 0 Å². The van der Waals surface area contributed by atoms with Crippen LogP contribution in [0.5, 0.6) is 0 Å². The molecule has 1 aliphatic carbocycles. The third-order valence-corrected chi connectivity index (χ3v) is 2.08. The quantitative estimate of drug-likeness (QED) is 0.340. The van der Waals surface area contributed by atoms with E-state index >= 15 is 0 Å². The molecule has 5 nitrogen and oxygen atoms in total. The van der Waals surface area contributed by atoms with Crippen molar-refractivity contribution in [3.63, 3.8) is 0 Å². The zero-order valence-corrected chi connectivity index (χ0v) is 6.21. The van der Waals surface area contributed by atoms with E-state index in [0.717, 1.165) is 0 Å². The van der Waals surface area contributed by atoms with Gasteiger partial charge in [-0.1, -0.05) is 0 Å². The number of hydrogen-bond acceptors (Lipinski definition) is 5. The average Bonchev–Trinajstić information content (AvgIpc) is 2.17. The lowest BCUT2D eigenvalue weighted by Gasteiger charge is -2.16. The van der Waals surface area contributed by atoms with Crippen molar-refractivity contribution >= 4 is 0 Å². The first kappa shape index (κ1) is 8.89. The maximum atomic E-state index is 9.18. The molecule has 1 saturated carbocycles. The Kier molecular flexibility index (Phi) is 2.46. The summed E-state index contributed by atoms with van der Waals surface area (Å²) in [6, 6.07) is -0.718. The minimum absolute atomic E-state index is 0.681. The largest absolute Gasteiger partial charge is 0.389 e. The molecule has 0 aliphatic heterocycles. The van der Waals surface area contributed by atoms with Crippen molar-refractivity contribution in [1.29, 1.82) is 0 Å². The molecule has 0 amide bonds. The van der Waals surface area contributed by atoms with E-state index in [0.29, 0.717) is 0 Å². The van der Waals surface area contributed by atoms with Crippen LogP contribution in [0.1, 0.15) is 0 Å². The van der Waals surface area contributed by atoms with Crippen LogP contribution >= 0.6 is 0 Å². The minimum Gasteiger partial charge on any atom is -0.389 e. The topological polar surface area (TPSA) is 95.9 Å².